The molecule has 0 saturated heterocycles. The number of hydrogen-bond donors (Lipinski definition) is 2. The van der Waals surface area contributed by atoms with Gasteiger partial charge in [-0.3, -0.25) is 0 Å². The van der Waals surface area contributed by atoms with Crippen LogP contribution in [0.2, 0.25) is 0 Å². The summed E-state index contributed by atoms with van der Waals surface area (Å²) in [5.41, 5.74) is 5.87. The van der Waals surface area contributed by atoms with Gasteiger partial charge in [-0.2, -0.15) is 0 Å². The maximum Gasteiger partial charge on any atom is 0.241 e. The third-order valence-corrected chi connectivity index (χ3v) is 4.48. The summed E-state index contributed by atoms with van der Waals surface area (Å²) < 4.78 is 53.0. The highest BCUT2D eigenvalue weighted by molar-refractivity contribution is 7.89. The minimum Gasteiger partial charge on any atom is -0.396 e. The monoisotopic (exact) mass is 312 g/mol. The summed E-state index contributed by atoms with van der Waals surface area (Å²) >= 11 is 0. The molecule has 0 unspecified atom stereocenters. The van der Waals surface area contributed by atoms with Gasteiger partial charge in [0.15, 0.2) is 0 Å². The summed E-state index contributed by atoms with van der Waals surface area (Å²) in [5, 5.41) is 0. The van der Waals surface area contributed by atoms with Crippen molar-refractivity contribution in [1.29, 1.82) is 0 Å². The highest BCUT2D eigenvalue weighted by Gasteiger charge is 2.18. The van der Waals surface area contributed by atoms with Gasteiger partial charge < -0.3 is 5.73 Å². The van der Waals surface area contributed by atoms with E-state index in [0.717, 1.165) is 12.1 Å². The number of nitrogen functional groups attached to an aromatic ring is 1. The largest absolute Gasteiger partial charge is 0.396 e. The van der Waals surface area contributed by atoms with Crippen molar-refractivity contribution < 1.29 is 17.2 Å². The molecule has 0 radical (unpaired) electrons. The molecule has 0 saturated carbocycles. The SMILES string of the molecule is Cc1cc(F)c(N)cc1S(=O)(=O)NCc1cccc(F)c1. The molecule has 21 heavy (non-hydrogen) atoms. The van der Waals surface area contributed by atoms with Gasteiger partial charge in [0.1, 0.15) is 11.6 Å². The van der Waals surface area contributed by atoms with E-state index in [-0.39, 0.29) is 22.7 Å². The Balaban J connectivity index is 2.25. The second-order valence-corrected chi connectivity index (χ2v) is 6.33. The topological polar surface area (TPSA) is 72.2 Å². The molecule has 3 N–H and O–H groups in total. The molecule has 0 aliphatic carbocycles. The van der Waals surface area contributed by atoms with Gasteiger partial charge in [0.25, 0.3) is 0 Å². The Hall–Kier alpha value is -1.99. The van der Waals surface area contributed by atoms with Crippen molar-refractivity contribution in [3.63, 3.8) is 0 Å². The van der Waals surface area contributed by atoms with Crippen LogP contribution >= 0.6 is 0 Å². The number of hydrogen-bond acceptors (Lipinski definition) is 3. The van der Waals surface area contributed by atoms with Gasteiger partial charge in [-0.05, 0) is 42.3 Å². The number of sulfonamides is 1. The first-order chi connectivity index (χ1) is 9.79. The molecule has 0 aliphatic rings. The molecule has 0 bridgehead atoms. The third-order valence-electron chi connectivity index (χ3n) is 2.94. The fourth-order valence-electron chi connectivity index (χ4n) is 1.86. The lowest BCUT2D eigenvalue weighted by molar-refractivity contribution is 0.578. The zero-order chi connectivity index (χ0) is 15.6. The van der Waals surface area contributed by atoms with E-state index >= 15 is 0 Å². The van der Waals surface area contributed by atoms with Gasteiger partial charge in [-0.15, -0.1) is 0 Å². The molecule has 0 aliphatic heterocycles. The fourth-order valence-corrected chi connectivity index (χ4v) is 3.14. The maximum atomic E-state index is 13.3. The van der Waals surface area contributed by atoms with Crippen LogP contribution in [-0.4, -0.2) is 8.42 Å². The van der Waals surface area contributed by atoms with Crippen molar-refractivity contribution in [3.8, 4) is 0 Å². The van der Waals surface area contributed by atoms with Crippen LogP contribution in [0.5, 0.6) is 0 Å². The Morgan fingerprint density at radius 3 is 2.57 bits per heavy atom. The Morgan fingerprint density at radius 2 is 1.90 bits per heavy atom. The molecule has 0 fully saturated rings. The smallest absolute Gasteiger partial charge is 0.241 e. The number of rotatable bonds is 4. The van der Waals surface area contributed by atoms with Crippen molar-refractivity contribution in [3.05, 3.63) is 59.2 Å². The van der Waals surface area contributed by atoms with E-state index in [9.17, 15) is 17.2 Å². The minimum absolute atomic E-state index is 0.0726. The molecule has 2 aromatic carbocycles. The summed E-state index contributed by atoms with van der Waals surface area (Å²) in [6.07, 6.45) is 0. The van der Waals surface area contributed by atoms with E-state index in [1.165, 1.54) is 25.1 Å². The average molecular weight is 312 g/mol. The summed E-state index contributed by atoms with van der Waals surface area (Å²) in [6.45, 7) is 1.40. The van der Waals surface area contributed by atoms with Crippen molar-refractivity contribution in [2.75, 3.05) is 5.73 Å². The van der Waals surface area contributed by atoms with E-state index in [2.05, 4.69) is 4.72 Å². The quantitative estimate of drug-likeness (QED) is 0.851. The lowest BCUT2D eigenvalue weighted by Gasteiger charge is -2.11. The summed E-state index contributed by atoms with van der Waals surface area (Å²) in [7, 11) is -3.86. The van der Waals surface area contributed by atoms with Crippen LogP contribution in [0.25, 0.3) is 0 Å². The van der Waals surface area contributed by atoms with Crippen LogP contribution in [0.3, 0.4) is 0 Å². The Morgan fingerprint density at radius 1 is 1.19 bits per heavy atom. The van der Waals surface area contributed by atoms with E-state index in [1.807, 2.05) is 0 Å². The molecule has 7 heteroatoms. The molecule has 2 aromatic rings. The summed E-state index contributed by atoms with van der Waals surface area (Å²) in [6, 6.07) is 7.71. The van der Waals surface area contributed by atoms with E-state index in [4.69, 9.17) is 5.73 Å². The van der Waals surface area contributed by atoms with E-state index in [1.54, 1.807) is 6.07 Å². The van der Waals surface area contributed by atoms with Crippen LogP contribution in [0.15, 0.2) is 41.3 Å². The van der Waals surface area contributed by atoms with Gasteiger partial charge in [-0.25, -0.2) is 21.9 Å². The predicted molar refractivity (Wildman–Crippen MR) is 76.0 cm³/mol. The number of benzene rings is 2. The van der Waals surface area contributed by atoms with Gasteiger partial charge in [0.2, 0.25) is 10.0 Å². The van der Waals surface area contributed by atoms with Gasteiger partial charge in [-0.1, -0.05) is 12.1 Å². The lowest BCUT2D eigenvalue weighted by atomic mass is 10.2. The fraction of sp³-hybridized carbons (Fsp3) is 0.143. The molecular formula is C14H14F2N2O2S. The maximum absolute atomic E-state index is 13.3. The van der Waals surface area contributed by atoms with Gasteiger partial charge in [0.05, 0.1) is 10.6 Å². The molecule has 0 amide bonds. The number of halogens is 2. The molecule has 0 aromatic heterocycles. The highest BCUT2D eigenvalue weighted by atomic mass is 32.2. The Labute approximate surface area is 121 Å². The molecular weight excluding hydrogens is 298 g/mol. The van der Waals surface area contributed by atoms with Crippen LogP contribution in [0, 0.1) is 18.6 Å². The van der Waals surface area contributed by atoms with Crippen molar-refractivity contribution >= 4 is 15.7 Å². The number of anilines is 1. The predicted octanol–water partition coefficient (Wildman–Crippen LogP) is 2.33. The van der Waals surface area contributed by atoms with Crippen molar-refractivity contribution in [1.82, 2.24) is 4.72 Å². The molecule has 2 rings (SSSR count). The molecule has 0 spiro atoms. The Bertz CT molecular complexity index is 777. The average Bonchev–Trinajstić information content (AvgIpc) is 2.41. The van der Waals surface area contributed by atoms with Crippen molar-refractivity contribution in [2.24, 2.45) is 0 Å². The second kappa shape index (κ2) is 5.79. The molecule has 4 nitrogen and oxygen atoms in total. The first kappa shape index (κ1) is 15.4. The van der Waals surface area contributed by atoms with Gasteiger partial charge >= 0.3 is 0 Å². The third kappa shape index (κ3) is 3.56. The first-order valence-corrected chi connectivity index (χ1v) is 7.57. The summed E-state index contributed by atoms with van der Waals surface area (Å²) in [5.74, 6) is -1.12. The normalized spacial score (nSPS) is 11.6. The van der Waals surface area contributed by atoms with E-state index in [0.29, 0.717) is 5.56 Å². The van der Waals surface area contributed by atoms with Crippen LogP contribution in [-0.2, 0) is 16.6 Å². The Kier molecular flexibility index (Phi) is 4.24. The van der Waals surface area contributed by atoms with Crippen molar-refractivity contribution in [2.45, 2.75) is 18.4 Å². The number of nitrogens with two attached hydrogens (primary N) is 1. The van der Waals surface area contributed by atoms with Crippen LogP contribution < -0.4 is 10.5 Å². The number of aryl methyl sites for hydroxylation is 1. The molecule has 0 atom stereocenters. The zero-order valence-electron chi connectivity index (χ0n) is 11.2. The number of nitrogens with one attached hydrogen (secondary N) is 1. The van der Waals surface area contributed by atoms with E-state index < -0.39 is 21.7 Å². The zero-order valence-corrected chi connectivity index (χ0v) is 12.0. The molecule has 112 valence electrons. The standard InChI is InChI=1S/C14H14F2N2O2S/c1-9-5-12(16)13(17)7-14(9)21(19,20)18-8-10-3-2-4-11(15)6-10/h2-7,18H,8,17H2,1H3. The molecule has 0 heterocycles. The van der Waals surface area contributed by atoms with Gasteiger partial charge in [0, 0.05) is 6.54 Å². The first-order valence-electron chi connectivity index (χ1n) is 6.09. The lowest BCUT2D eigenvalue weighted by Crippen LogP contribution is -2.24. The summed E-state index contributed by atoms with van der Waals surface area (Å²) in [4.78, 5) is -0.0993. The second-order valence-electron chi connectivity index (χ2n) is 4.59. The van der Waals surface area contributed by atoms with Crippen LogP contribution in [0.1, 0.15) is 11.1 Å². The minimum atomic E-state index is -3.86. The highest BCUT2D eigenvalue weighted by Crippen LogP contribution is 2.21. The van der Waals surface area contributed by atoms with Crippen LogP contribution in [0.4, 0.5) is 14.5 Å².